The Balaban J connectivity index is 1.68. The zero-order chi connectivity index (χ0) is 27.2. The topological polar surface area (TPSA) is 118 Å². The average Bonchev–Trinajstić information content (AvgIpc) is 2.90. The highest BCUT2D eigenvalue weighted by atomic mass is 16.5. The van der Waals surface area contributed by atoms with Crippen molar-refractivity contribution in [3.63, 3.8) is 0 Å². The summed E-state index contributed by atoms with van der Waals surface area (Å²) in [6.07, 6.45) is 4.60. The average molecular weight is 520 g/mol. The van der Waals surface area contributed by atoms with Crippen molar-refractivity contribution in [2.24, 2.45) is 13.0 Å². The molecule has 10 heteroatoms. The number of rotatable bonds is 11. The van der Waals surface area contributed by atoms with Gasteiger partial charge in [-0.15, -0.1) is 0 Å². The predicted octanol–water partition coefficient (Wildman–Crippen LogP) is 3.55. The van der Waals surface area contributed by atoms with Crippen LogP contribution in [0, 0.1) is 5.92 Å². The lowest BCUT2D eigenvalue weighted by molar-refractivity contribution is -0.141. The molecule has 0 aliphatic carbocycles. The first-order chi connectivity index (χ1) is 18.2. The number of unbranched alkanes of at least 4 members (excludes halogenated alkanes) is 2. The molecule has 0 amide bonds. The lowest BCUT2D eigenvalue weighted by Gasteiger charge is -2.16. The van der Waals surface area contributed by atoms with Crippen LogP contribution in [0.1, 0.15) is 51.4 Å². The Morgan fingerprint density at radius 2 is 1.87 bits per heavy atom. The lowest BCUT2D eigenvalue weighted by Crippen LogP contribution is -2.40. The minimum atomic E-state index is -0.471. The van der Waals surface area contributed by atoms with Crippen molar-refractivity contribution in [3.8, 4) is 5.75 Å². The van der Waals surface area contributed by atoms with E-state index in [0.717, 1.165) is 34.7 Å². The van der Waals surface area contributed by atoms with Gasteiger partial charge in [-0.3, -0.25) is 23.7 Å². The van der Waals surface area contributed by atoms with Gasteiger partial charge in [-0.05, 0) is 49.8 Å². The Hall–Kier alpha value is -4.08. The molecule has 0 N–H and O–H groups in total. The normalized spacial score (nSPS) is 11.4. The van der Waals surface area contributed by atoms with Gasteiger partial charge in [-0.1, -0.05) is 19.9 Å². The molecule has 0 bridgehead atoms. The van der Waals surface area contributed by atoms with E-state index in [4.69, 9.17) is 19.4 Å². The van der Waals surface area contributed by atoms with Crippen molar-refractivity contribution in [3.05, 3.63) is 68.8 Å². The van der Waals surface area contributed by atoms with E-state index in [0.29, 0.717) is 36.7 Å². The van der Waals surface area contributed by atoms with E-state index in [2.05, 4.69) is 4.98 Å². The van der Waals surface area contributed by atoms with Crippen LogP contribution in [0.2, 0.25) is 0 Å². The number of esters is 1. The van der Waals surface area contributed by atoms with Crippen LogP contribution in [0.5, 0.6) is 5.75 Å². The zero-order valence-electron chi connectivity index (χ0n) is 22.3. The number of carbonyl (C=O) groups excluding carboxylic acids is 1. The van der Waals surface area contributed by atoms with Gasteiger partial charge < -0.3 is 9.47 Å². The zero-order valence-corrected chi connectivity index (χ0v) is 22.3. The monoisotopic (exact) mass is 519 g/mol. The number of aromatic nitrogens is 5. The summed E-state index contributed by atoms with van der Waals surface area (Å²) in [5.41, 5.74) is 1.58. The molecular formula is C28H33N5O5. The van der Waals surface area contributed by atoms with Crippen molar-refractivity contribution >= 4 is 28.0 Å². The standard InChI is InChI=1S/C28H33N5O5/c1-18(2)16-33-26-25(27(35)32(4)28(33)36)30-22(10-6-5-7-14-37-19(3)34)24(31-26)17-38-21-12-11-20-9-8-13-29-23(20)15-21/h8-9,11-13,15,18H,5-7,10,14,16-17H2,1-4H3. The third kappa shape index (κ3) is 6.24. The molecule has 0 aliphatic heterocycles. The number of fused-ring (bicyclic) bond motifs is 2. The highest BCUT2D eigenvalue weighted by molar-refractivity contribution is 5.79. The third-order valence-electron chi connectivity index (χ3n) is 6.18. The SMILES string of the molecule is CC(=O)OCCCCCc1nc2c(=O)n(C)c(=O)n(CC(C)C)c2nc1COc1ccc2cccnc2c1. The molecule has 10 nitrogen and oxygen atoms in total. The molecule has 0 radical (unpaired) electrons. The van der Waals surface area contributed by atoms with Gasteiger partial charge in [0.1, 0.15) is 18.1 Å². The largest absolute Gasteiger partial charge is 0.487 e. The van der Waals surface area contributed by atoms with E-state index in [9.17, 15) is 14.4 Å². The second kappa shape index (κ2) is 12.0. The maximum atomic E-state index is 13.0. The molecule has 0 aliphatic rings. The number of pyridine rings is 1. The first kappa shape index (κ1) is 27.0. The Bertz CT molecular complexity index is 1570. The smallest absolute Gasteiger partial charge is 0.332 e. The molecule has 0 unspecified atom stereocenters. The van der Waals surface area contributed by atoms with Gasteiger partial charge in [-0.2, -0.15) is 0 Å². The van der Waals surface area contributed by atoms with Crippen LogP contribution >= 0.6 is 0 Å². The molecule has 1 aromatic carbocycles. The van der Waals surface area contributed by atoms with Gasteiger partial charge in [-0.25, -0.2) is 14.8 Å². The maximum Gasteiger partial charge on any atom is 0.332 e. The fourth-order valence-electron chi connectivity index (χ4n) is 4.26. The van der Waals surface area contributed by atoms with Gasteiger partial charge in [0.15, 0.2) is 11.2 Å². The lowest BCUT2D eigenvalue weighted by atomic mass is 10.1. The quantitative estimate of drug-likeness (QED) is 0.218. The molecule has 4 aromatic rings. The fraction of sp³-hybridized carbons (Fsp3) is 0.429. The van der Waals surface area contributed by atoms with Crippen molar-refractivity contribution in [1.29, 1.82) is 0 Å². The van der Waals surface area contributed by atoms with E-state index in [1.807, 2.05) is 44.2 Å². The number of hydrogen-bond donors (Lipinski definition) is 0. The van der Waals surface area contributed by atoms with Crippen molar-refractivity contribution in [2.75, 3.05) is 6.61 Å². The van der Waals surface area contributed by atoms with Crippen LogP contribution in [0.4, 0.5) is 0 Å². The van der Waals surface area contributed by atoms with Crippen LogP contribution < -0.4 is 16.0 Å². The van der Waals surface area contributed by atoms with Crippen LogP contribution in [0.3, 0.4) is 0 Å². The molecule has 4 rings (SSSR count). The Kier molecular flexibility index (Phi) is 8.50. The molecule has 0 fully saturated rings. The van der Waals surface area contributed by atoms with E-state index in [1.165, 1.54) is 18.5 Å². The molecule has 0 spiro atoms. The van der Waals surface area contributed by atoms with Gasteiger partial charge in [0.25, 0.3) is 5.56 Å². The van der Waals surface area contributed by atoms with E-state index >= 15 is 0 Å². The van der Waals surface area contributed by atoms with E-state index in [-0.39, 0.29) is 29.7 Å². The second-order valence-corrected chi connectivity index (χ2v) is 9.74. The van der Waals surface area contributed by atoms with Gasteiger partial charge in [0.05, 0.1) is 17.8 Å². The molecule has 0 saturated carbocycles. The minimum absolute atomic E-state index is 0.120. The number of hydrogen-bond acceptors (Lipinski definition) is 8. The van der Waals surface area contributed by atoms with E-state index < -0.39 is 11.2 Å². The summed E-state index contributed by atoms with van der Waals surface area (Å²) in [7, 11) is 1.46. The van der Waals surface area contributed by atoms with Gasteiger partial charge in [0, 0.05) is 38.2 Å². The maximum absolute atomic E-state index is 13.0. The first-order valence-corrected chi connectivity index (χ1v) is 12.8. The minimum Gasteiger partial charge on any atom is -0.487 e. The molecular weight excluding hydrogens is 486 g/mol. The Morgan fingerprint density at radius 1 is 1.05 bits per heavy atom. The Morgan fingerprint density at radius 3 is 2.63 bits per heavy atom. The highest BCUT2D eigenvalue weighted by Gasteiger charge is 2.19. The van der Waals surface area contributed by atoms with Crippen molar-refractivity contribution < 1.29 is 14.3 Å². The number of benzene rings is 1. The number of aryl methyl sites for hydroxylation is 1. The van der Waals surface area contributed by atoms with Crippen molar-refractivity contribution in [2.45, 2.75) is 59.6 Å². The fourth-order valence-corrected chi connectivity index (χ4v) is 4.26. The van der Waals surface area contributed by atoms with Gasteiger partial charge in [0.2, 0.25) is 0 Å². The third-order valence-corrected chi connectivity index (χ3v) is 6.18. The summed E-state index contributed by atoms with van der Waals surface area (Å²) < 4.78 is 13.7. The number of nitrogens with zero attached hydrogens (tertiary/aromatic N) is 5. The van der Waals surface area contributed by atoms with Crippen LogP contribution in [0.15, 0.2) is 46.1 Å². The number of ether oxygens (including phenoxy) is 2. The van der Waals surface area contributed by atoms with Crippen LogP contribution in [-0.4, -0.2) is 36.7 Å². The summed E-state index contributed by atoms with van der Waals surface area (Å²) >= 11 is 0. The highest BCUT2D eigenvalue weighted by Crippen LogP contribution is 2.21. The number of carbonyl (C=O) groups is 1. The molecule has 0 saturated heterocycles. The molecule has 3 aromatic heterocycles. The first-order valence-electron chi connectivity index (χ1n) is 12.8. The van der Waals surface area contributed by atoms with Crippen LogP contribution in [0.25, 0.3) is 22.1 Å². The predicted molar refractivity (Wildman–Crippen MR) is 144 cm³/mol. The molecule has 0 atom stereocenters. The summed E-state index contributed by atoms with van der Waals surface area (Å²) in [4.78, 5) is 50.8. The summed E-state index contributed by atoms with van der Waals surface area (Å²) in [5, 5.41) is 1.01. The second-order valence-electron chi connectivity index (χ2n) is 9.74. The van der Waals surface area contributed by atoms with E-state index in [1.54, 1.807) is 6.20 Å². The molecule has 3 heterocycles. The summed E-state index contributed by atoms with van der Waals surface area (Å²) in [6.45, 7) is 6.28. The van der Waals surface area contributed by atoms with Crippen molar-refractivity contribution in [1.82, 2.24) is 24.1 Å². The summed E-state index contributed by atoms with van der Waals surface area (Å²) in [6, 6.07) is 9.54. The van der Waals surface area contributed by atoms with Crippen LogP contribution in [-0.2, 0) is 36.2 Å². The molecule has 38 heavy (non-hydrogen) atoms. The van der Waals surface area contributed by atoms with Gasteiger partial charge >= 0.3 is 11.7 Å². The summed E-state index contributed by atoms with van der Waals surface area (Å²) in [5.74, 6) is 0.503. The molecule has 200 valence electrons. The Labute approximate surface area is 220 Å².